The maximum Gasteiger partial charge on any atom is 0.573 e. The van der Waals surface area contributed by atoms with Crippen molar-refractivity contribution in [2.24, 2.45) is 17.1 Å². The van der Waals surface area contributed by atoms with E-state index in [1.807, 2.05) is 0 Å². The Bertz CT molecular complexity index is 400. The van der Waals surface area contributed by atoms with Crippen LogP contribution in [0.25, 0.3) is 0 Å². The third-order valence-corrected chi connectivity index (χ3v) is 3.63. The lowest BCUT2D eigenvalue weighted by atomic mass is 9.74. The molecule has 1 rings (SSSR count). The third kappa shape index (κ3) is 4.74. The number of nitrogens with two attached hydrogens (primary N) is 1. The molecule has 0 spiro atoms. The molecule has 0 amide bonds. The summed E-state index contributed by atoms with van der Waals surface area (Å²) in [5, 5.41) is 0. The average Bonchev–Trinajstić information content (AvgIpc) is 2.29. The summed E-state index contributed by atoms with van der Waals surface area (Å²) in [7, 11) is 0. The Morgan fingerprint density at radius 2 is 1.68 bits per heavy atom. The van der Waals surface area contributed by atoms with E-state index < -0.39 is 6.36 Å². The first-order valence-electron chi connectivity index (χ1n) is 6.21. The van der Waals surface area contributed by atoms with Gasteiger partial charge in [0.25, 0.3) is 0 Å². The van der Waals surface area contributed by atoms with E-state index in [1.165, 1.54) is 12.1 Å². The molecule has 0 aliphatic carbocycles. The highest BCUT2D eigenvalue weighted by Gasteiger charge is 2.31. The molecule has 108 valence electrons. The summed E-state index contributed by atoms with van der Waals surface area (Å²) in [5.74, 6) is 0.193. The Kier molecular flexibility index (Phi) is 4.85. The van der Waals surface area contributed by atoms with E-state index in [0.717, 1.165) is 12.0 Å². The number of ether oxygens (including phenoxy) is 1. The van der Waals surface area contributed by atoms with Crippen molar-refractivity contribution in [3.05, 3.63) is 29.8 Å². The molecule has 0 saturated heterocycles. The SMILES string of the molecule is CC(C)C(C)(CN)Cc1ccc(OC(F)(F)F)cc1. The molecule has 0 aliphatic rings. The van der Waals surface area contributed by atoms with Gasteiger partial charge in [-0.05, 0) is 42.0 Å². The summed E-state index contributed by atoms with van der Waals surface area (Å²) < 4.78 is 39.9. The second-order valence-corrected chi connectivity index (χ2v) is 5.38. The van der Waals surface area contributed by atoms with E-state index in [1.54, 1.807) is 12.1 Å². The van der Waals surface area contributed by atoms with Gasteiger partial charge >= 0.3 is 6.36 Å². The Balaban J connectivity index is 2.77. The smallest absolute Gasteiger partial charge is 0.406 e. The molecule has 2 N–H and O–H groups in total. The fourth-order valence-electron chi connectivity index (χ4n) is 1.79. The Labute approximate surface area is 111 Å². The molecule has 0 aromatic heterocycles. The molecule has 1 aromatic rings. The fourth-order valence-corrected chi connectivity index (χ4v) is 1.79. The van der Waals surface area contributed by atoms with Gasteiger partial charge in [-0.25, -0.2) is 0 Å². The lowest BCUT2D eigenvalue weighted by molar-refractivity contribution is -0.274. The largest absolute Gasteiger partial charge is 0.573 e. The molecule has 19 heavy (non-hydrogen) atoms. The molecule has 0 bridgehead atoms. The number of benzene rings is 1. The van der Waals surface area contributed by atoms with Gasteiger partial charge in [0, 0.05) is 0 Å². The van der Waals surface area contributed by atoms with Crippen molar-refractivity contribution in [2.45, 2.75) is 33.6 Å². The zero-order chi connectivity index (χ0) is 14.7. The van der Waals surface area contributed by atoms with Crippen LogP contribution in [0.4, 0.5) is 13.2 Å². The second kappa shape index (κ2) is 5.82. The summed E-state index contributed by atoms with van der Waals surface area (Å²) in [4.78, 5) is 0. The molecule has 0 radical (unpaired) electrons. The summed E-state index contributed by atoms with van der Waals surface area (Å²) >= 11 is 0. The maximum absolute atomic E-state index is 12.0. The lowest BCUT2D eigenvalue weighted by Gasteiger charge is -2.32. The van der Waals surface area contributed by atoms with Crippen LogP contribution in [0.5, 0.6) is 5.75 Å². The van der Waals surface area contributed by atoms with Crippen LogP contribution in [0.1, 0.15) is 26.3 Å². The van der Waals surface area contributed by atoms with E-state index in [-0.39, 0.29) is 11.2 Å². The van der Waals surface area contributed by atoms with Gasteiger partial charge in [0.2, 0.25) is 0 Å². The molecule has 5 heteroatoms. The molecule has 0 fully saturated rings. The number of halogens is 3. The number of hydrogen-bond acceptors (Lipinski definition) is 2. The van der Waals surface area contributed by atoms with Crippen molar-refractivity contribution in [1.82, 2.24) is 0 Å². The molecule has 1 aromatic carbocycles. The van der Waals surface area contributed by atoms with Gasteiger partial charge < -0.3 is 10.5 Å². The highest BCUT2D eigenvalue weighted by Crippen LogP contribution is 2.31. The minimum atomic E-state index is -4.65. The van der Waals surface area contributed by atoms with Crippen molar-refractivity contribution in [1.29, 1.82) is 0 Å². The monoisotopic (exact) mass is 275 g/mol. The minimum absolute atomic E-state index is 0.0631. The van der Waals surface area contributed by atoms with Gasteiger partial charge in [-0.1, -0.05) is 32.9 Å². The van der Waals surface area contributed by atoms with Crippen molar-refractivity contribution >= 4 is 0 Å². The second-order valence-electron chi connectivity index (χ2n) is 5.38. The highest BCUT2D eigenvalue weighted by molar-refractivity contribution is 5.28. The normalized spacial score (nSPS) is 15.4. The van der Waals surface area contributed by atoms with Crippen LogP contribution in [0.15, 0.2) is 24.3 Å². The van der Waals surface area contributed by atoms with Gasteiger partial charge in [-0.2, -0.15) is 0 Å². The summed E-state index contributed by atoms with van der Waals surface area (Å²) in [6, 6.07) is 5.97. The average molecular weight is 275 g/mol. The van der Waals surface area contributed by atoms with E-state index in [0.29, 0.717) is 12.5 Å². The van der Waals surface area contributed by atoms with Crippen LogP contribution in [0.2, 0.25) is 0 Å². The molecular weight excluding hydrogens is 255 g/mol. The van der Waals surface area contributed by atoms with E-state index in [4.69, 9.17) is 5.73 Å². The molecule has 0 saturated carbocycles. The topological polar surface area (TPSA) is 35.2 Å². The van der Waals surface area contributed by atoms with Crippen molar-refractivity contribution in [3.63, 3.8) is 0 Å². The van der Waals surface area contributed by atoms with Gasteiger partial charge in [0.15, 0.2) is 0 Å². The molecule has 0 aliphatic heterocycles. The maximum atomic E-state index is 12.0. The number of alkyl halides is 3. The molecule has 1 atom stereocenters. The lowest BCUT2D eigenvalue weighted by Crippen LogP contribution is -2.34. The summed E-state index contributed by atoms with van der Waals surface area (Å²) in [6.45, 7) is 6.80. The quantitative estimate of drug-likeness (QED) is 0.888. The Hall–Kier alpha value is -1.23. The predicted octanol–water partition coefficient (Wildman–Crippen LogP) is 3.75. The summed E-state index contributed by atoms with van der Waals surface area (Å²) in [6.07, 6.45) is -3.92. The molecule has 2 nitrogen and oxygen atoms in total. The van der Waals surface area contributed by atoms with Gasteiger partial charge in [-0.15, -0.1) is 13.2 Å². The number of rotatable bonds is 5. The highest BCUT2D eigenvalue weighted by atomic mass is 19.4. The van der Waals surface area contributed by atoms with E-state index >= 15 is 0 Å². The Morgan fingerprint density at radius 1 is 1.16 bits per heavy atom. The number of hydrogen-bond donors (Lipinski definition) is 1. The van der Waals surface area contributed by atoms with Crippen molar-refractivity contribution in [3.8, 4) is 5.75 Å². The van der Waals surface area contributed by atoms with Crippen LogP contribution in [-0.2, 0) is 6.42 Å². The van der Waals surface area contributed by atoms with Gasteiger partial charge in [-0.3, -0.25) is 0 Å². The Morgan fingerprint density at radius 3 is 2.05 bits per heavy atom. The molecule has 1 unspecified atom stereocenters. The van der Waals surface area contributed by atoms with E-state index in [9.17, 15) is 13.2 Å². The van der Waals surface area contributed by atoms with Crippen molar-refractivity contribution < 1.29 is 17.9 Å². The predicted molar refractivity (Wildman–Crippen MR) is 68.8 cm³/mol. The van der Waals surface area contributed by atoms with E-state index in [2.05, 4.69) is 25.5 Å². The zero-order valence-corrected chi connectivity index (χ0v) is 11.4. The fraction of sp³-hybridized carbons (Fsp3) is 0.571. The van der Waals surface area contributed by atoms with Crippen molar-refractivity contribution in [2.75, 3.05) is 6.54 Å². The van der Waals surface area contributed by atoms with Crippen LogP contribution in [-0.4, -0.2) is 12.9 Å². The molecular formula is C14H20F3NO. The third-order valence-electron chi connectivity index (χ3n) is 3.63. The van der Waals surface area contributed by atoms with Gasteiger partial charge in [0.05, 0.1) is 0 Å². The van der Waals surface area contributed by atoms with Gasteiger partial charge in [0.1, 0.15) is 5.75 Å². The van der Waals surface area contributed by atoms with Crippen LogP contribution < -0.4 is 10.5 Å². The minimum Gasteiger partial charge on any atom is -0.406 e. The first kappa shape index (κ1) is 15.8. The molecule has 0 heterocycles. The van der Waals surface area contributed by atoms with Crippen LogP contribution in [0.3, 0.4) is 0 Å². The standard InChI is InChI=1S/C14H20F3NO/c1-10(2)13(3,9-18)8-11-4-6-12(7-5-11)19-14(15,16)17/h4-7,10H,8-9,18H2,1-3H3. The zero-order valence-electron chi connectivity index (χ0n) is 11.4. The van der Waals surface area contributed by atoms with Crippen LogP contribution >= 0.6 is 0 Å². The first-order chi connectivity index (χ1) is 8.66. The first-order valence-corrected chi connectivity index (χ1v) is 6.21. The summed E-state index contributed by atoms with van der Waals surface area (Å²) in [5.41, 5.74) is 6.69. The van der Waals surface area contributed by atoms with Crippen LogP contribution in [0, 0.1) is 11.3 Å².